The first-order chi connectivity index (χ1) is 14.5. The molecule has 30 heavy (non-hydrogen) atoms. The van der Waals surface area contributed by atoms with E-state index in [2.05, 4.69) is 107 Å². The molecule has 3 aromatic rings. The van der Waals surface area contributed by atoms with Gasteiger partial charge in [0.25, 0.3) is 0 Å². The highest BCUT2D eigenvalue weighted by Gasteiger charge is 2.26. The third-order valence-corrected chi connectivity index (χ3v) is 6.82. The normalized spacial score (nSPS) is 14.9. The minimum atomic E-state index is 0.532. The molecule has 0 bridgehead atoms. The monoisotopic (exact) mass is 392 g/mol. The number of hydrogen-bond acceptors (Lipinski definition) is 0. The Hall–Kier alpha value is -2.86. The molecule has 0 saturated carbocycles. The summed E-state index contributed by atoms with van der Waals surface area (Å²) < 4.78 is 0. The van der Waals surface area contributed by atoms with Crippen LogP contribution >= 0.6 is 0 Å². The fourth-order valence-corrected chi connectivity index (χ4v) is 4.84. The van der Waals surface area contributed by atoms with Crippen molar-refractivity contribution in [3.05, 3.63) is 107 Å². The molecule has 4 rings (SSSR count). The van der Waals surface area contributed by atoms with Gasteiger partial charge >= 0.3 is 0 Å². The fraction of sp³-hybridized carbons (Fsp3) is 0.267. The van der Waals surface area contributed by atoms with E-state index in [1.165, 1.54) is 50.1 Å². The van der Waals surface area contributed by atoms with Gasteiger partial charge in [-0.05, 0) is 88.6 Å². The number of aryl methyl sites for hydroxylation is 2. The first kappa shape index (κ1) is 20.4. The van der Waals surface area contributed by atoms with Crippen LogP contribution in [0.5, 0.6) is 0 Å². The number of benzene rings is 3. The van der Waals surface area contributed by atoms with Gasteiger partial charge < -0.3 is 0 Å². The Morgan fingerprint density at radius 1 is 0.833 bits per heavy atom. The lowest BCUT2D eigenvalue weighted by Gasteiger charge is -2.25. The summed E-state index contributed by atoms with van der Waals surface area (Å²) >= 11 is 0. The largest absolute Gasteiger partial charge is 0.0908 e. The van der Waals surface area contributed by atoms with E-state index >= 15 is 0 Å². The van der Waals surface area contributed by atoms with Crippen molar-refractivity contribution < 1.29 is 0 Å². The van der Waals surface area contributed by atoms with Crippen molar-refractivity contribution in [2.45, 2.75) is 40.5 Å². The molecular weight excluding hydrogens is 360 g/mol. The molecule has 0 nitrogen and oxygen atoms in total. The Bertz CT molecular complexity index is 1100. The summed E-state index contributed by atoms with van der Waals surface area (Å²) in [7, 11) is 0. The summed E-state index contributed by atoms with van der Waals surface area (Å²) in [4.78, 5) is 0. The number of allylic oxidation sites excluding steroid dienone is 2. The quantitative estimate of drug-likeness (QED) is 0.396. The molecule has 3 aromatic carbocycles. The van der Waals surface area contributed by atoms with Crippen LogP contribution in [0.3, 0.4) is 0 Å². The maximum atomic E-state index is 4.43. The van der Waals surface area contributed by atoms with E-state index < -0.39 is 0 Å². The minimum absolute atomic E-state index is 0.532. The second-order valence-corrected chi connectivity index (χ2v) is 8.86. The van der Waals surface area contributed by atoms with Crippen LogP contribution in [0.15, 0.2) is 78.9 Å². The van der Waals surface area contributed by atoms with E-state index in [-0.39, 0.29) is 0 Å². The van der Waals surface area contributed by atoms with Gasteiger partial charge in [-0.3, -0.25) is 0 Å². The maximum absolute atomic E-state index is 4.43. The Labute approximate surface area is 182 Å². The topological polar surface area (TPSA) is 0 Å². The van der Waals surface area contributed by atoms with Crippen LogP contribution in [0.1, 0.15) is 48.1 Å². The third-order valence-electron chi connectivity index (χ3n) is 6.82. The van der Waals surface area contributed by atoms with Crippen LogP contribution in [0, 0.1) is 25.7 Å². The second-order valence-electron chi connectivity index (χ2n) is 8.86. The van der Waals surface area contributed by atoms with E-state index in [1.54, 1.807) is 0 Å². The van der Waals surface area contributed by atoms with Crippen LogP contribution in [0.4, 0.5) is 0 Å². The molecule has 0 spiro atoms. The van der Waals surface area contributed by atoms with Gasteiger partial charge in [0.15, 0.2) is 0 Å². The molecule has 1 aliphatic carbocycles. The molecule has 1 aliphatic rings. The van der Waals surface area contributed by atoms with Gasteiger partial charge in [0, 0.05) is 0 Å². The van der Waals surface area contributed by atoms with Crippen molar-refractivity contribution in [3.63, 3.8) is 0 Å². The molecule has 0 heterocycles. The SMILES string of the molecule is C=C1C(C(CC)C(C)Cc2ccc(-c3ccc(C)c(C)c3)cc2)=Cc2ccccc21. The van der Waals surface area contributed by atoms with Crippen molar-refractivity contribution in [1.82, 2.24) is 0 Å². The van der Waals surface area contributed by atoms with E-state index in [9.17, 15) is 0 Å². The third kappa shape index (κ3) is 3.92. The molecule has 0 aromatic heterocycles. The summed E-state index contributed by atoms with van der Waals surface area (Å²) in [6.07, 6.45) is 4.60. The Kier molecular flexibility index (Phi) is 5.77. The summed E-state index contributed by atoms with van der Waals surface area (Å²) in [5, 5.41) is 0. The lowest BCUT2D eigenvalue weighted by molar-refractivity contribution is 0.406. The Morgan fingerprint density at radius 2 is 1.53 bits per heavy atom. The van der Waals surface area contributed by atoms with Crippen LogP contribution in [-0.4, -0.2) is 0 Å². The van der Waals surface area contributed by atoms with Gasteiger partial charge in [0.2, 0.25) is 0 Å². The zero-order valence-electron chi connectivity index (χ0n) is 18.7. The van der Waals surface area contributed by atoms with E-state index in [4.69, 9.17) is 0 Å². The van der Waals surface area contributed by atoms with Gasteiger partial charge in [-0.1, -0.05) is 93.2 Å². The second kappa shape index (κ2) is 8.48. The Morgan fingerprint density at radius 3 is 2.20 bits per heavy atom. The van der Waals surface area contributed by atoms with Gasteiger partial charge in [-0.25, -0.2) is 0 Å². The van der Waals surface area contributed by atoms with Crippen LogP contribution in [0.2, 0.25) is 0 Å². The molecule has 0 saturated heterocycles. The van der Waals surface area contributed by atoms with Crippen molar-refractivity contribution in [2.75, 3.05) is 0 Å². The standard InChI is InChI=1S/C30H32/c1-6-28(30-19-27-9-7-8-10-29(27)23(30)5)22(4)17-24-12-15-25(16-13-24)26-14-11-20(2)21(3)18-26/h7-16,18-19,22,28H,5-6,17H2,1-4H3. The summed E-state index contributed by atoms with van der Waals surface area (Å²) in [6, 6.07) is 24.5. The van der Waals surface area contributed by atoms with Crippen LogP contribution < -0.4 is 0 Å². The summed E-state index contributed by atoms with van der Waals surface area (Å²) in [5.41, 5.74) is 12.0. The molecule has 0 N–H and O–H groups in total. The Balaban J connectivity index is 1.50. The highest BCUT2D eigenvalue weighted by Crippen LogP contribution is 2.42. The number of rotatable bonds is 6. The van der Waals surface area contributed by atoms with Gasteiger partial charge in [0.05, 0.1) is 0 Å². The van der Waals surface area contributed by atoms with Gasteiger partial charge in [0.1, 0.15) is 0 Å². The van der Waals surface area contributed by atoms with Crippen molar-refractivity contribution in [3.8, 4) is 11.1 Å². The van der Waals surface area contributed by atoms with E-state index in [0.717, 1.165) is 12.8 Å². The smallest absolute Gasteiger partial charge is 0.0114 e. The molecule has 0 heteroatoms. The average Bonchev–Trinajstić information content (AvgIpc) is 3.08. The summed E-state index contributed by atoms with van der Waals surface area (Å²) in [5.74, 6) is 1.10. The molecule has 2 atom stereocenters. The van der Waals surface area contributed by atoms with E-state index in [0.29, 0.717) is 11.8 Å². The lowest BCUT2D eigenvalue weighted by atomic mass is 9.79. The van der Waals surface area contributed by atoms with Gasteiger partial charge in [-0.15, -0.1) is 0 Å². The first-order valence-corrected chi connectivity index (χ1v) is 11.1. The highest BCUT2D eigenvalue weighted by molar-refractivity contribution is 5.93. The van der Waals surface area contributed by atoms with Gasteiger partial charge in [-0.2, -0.15) is 0 Å². The maximum Gasteiger partial charge on any atom is -0.0114 e. The van der Waals surface area contributed by atoms with Crippen LogP contribution in [0.25, 0.3) is 22.8 Å². The number of hydrogen-bond donors (Lipinski definition) is 0. The molecule has 152 valence electrons. The van der Waals surface area contributed by atoms with Crippen LogP contribution in [-0.2, 0) is 6.42 Å². The first-order valence-electron chi connectivity index (χ1n) is 11.1. The summed E-state index contributed by atoms with van der Waals surface area (Å²) in [6.45, 7) is 13.5. The number of fused-ring (bicyclic) bond motifs is 1. The van der Waals surface area contributed by atoms with Crippen molar-refractivity contribution >= 4 is 11.6 Å². The van der Waals surface area contributed by atoms with Crippen molar-refractivity contribution in [2.24, 2.45) is 11.8 Å². The fourth-order valence-electron chi connectivity index (χ4n) is 4.84. The molecule has 0 radical (unpaired) electrons. The average molecular weight is 393 g/mol. The lowest BCUT2D eigenvalue weighted by Crippen LogP contribution is -2.15. The molecular formula is C30H32. The molecule has 0 aliphatic heterocycles. The highest BCUT2D eigenvalue weighted by atomic mass is 14.3. The zero-order valence-corrected chi connectivity index (χ0v) is 18.7. The van der Waals surface area contributed by atoms with E-state index in [1.807, 2.05) is 0 Å². The molecule has 0 fully saturated rings. The predicted molar refractivity (Wildman–Crippen MR) is 131 cm³/mol. The molecule has 0 amide bonds. The predicted octanol–water partition coefficient (Wildman–Crippen LogP) is 8.29. The minimum Gasteiger partial charge on any atom is -0.0908 e. The van der Waals surface area contributed by atoms with Crippen molar-refractivity contribution in [1.29, 1.82) is 0 Å². The molecule has 2 unspecified atom stereocenters. The zero-order chi connectivity index (χ0) is 21.3.